The molecule has 0 saturated heterocycles. The van der Waals surface area contributed by atoms with Gasteiger partial charge in [0.25, 0.3) is 0 Å². The Morgan fingerprint density at radius 2 is 1.63 bits per heavy atom. The second-order valence-electron chi connectivity index (χ2n) is 7.45. The Hall–Kier alpha value is -2.31. The molecule has 0 aromatic heterocycles. The number of carbonyl (C=O) groups is 2. The van der Waals surface area contributed by atoms with Crippen LogP contribution < -0.4 is 5.73 Å². The van der Waals surface area contributed by atoms with Crippen LogP contribution in [0.3, 0.4) is 0 Å². The molecule has 0 bridgehead atoms. The number of hydrogen-bond acceptors (Lipinski definition) is 6. The van der Waals surface area contributed by atoms with Crippen molar-refractivity contribution < 1.29 is 19.1 Å². The second-order valence-corrected chi connectivity index (χ2v) is 8.60. The maximum Gasteiger partial charge on any atom is 0.516 e. The molecule has 0 unspecified atom stereocenters. The number of hydrogen-bond donors (Lipinski definition) is 1. The molecule has 3 rings (SSSR count). The summed E-state index contributed by atoms with van der Waals surface area (Å²) in [6.07, 6.45) is 3.70. The average Bonchev–Trinajstić information content (AvgIpc) is 3.08. The second kappa shape index (κ2) is 11.2. The third-order valence-electron chi connectivity index (χ3n) is 5.26. The fourth-order valence-electron chi connectivity index (χ4n) is 3.69. The Morgan fingerprint density at radius 3 is 2.27 bits per heavy atom. The van der Waals surface area contributed by atoms with E-state index < -0.39 is 18.2 Å². The number of rotatable bonds is 10. The minimum atomic E-state index is -0.995. The highest BCUT2D eigenvalue weighted by atomic mass is 32.2. The summed E-state index contributed by atoms with van der Waals surface area (Å²) in [5, 5.41) is 0. The molecule has 2 aromatic rings. The van der Waals surface area contributed by atoms with Crippen LogP contribution in [0.2, 0.25) is 0 Å². The Labute approximate surface area is 182 Å². The standard InChI is InChI=1S/C24H29NO4S/c1-2-3-4-9-14-30-16-22(25)23(26)29-24(27)28-15-21-19-12-7-5-10-17(19)18-11-6-8-13-20(18)21/h5-8,10-13,21-22H,2-4,9,14-16,25H2,1H3/t22-/m0/s1. The monoisotopic (exact) mass is 427 g/mol. The molecule has 2 aromatic carbocycles. The van der Waals surface area contributed by atoms with E-state index in [0.29, 0.717) is 5.75 Å². The molecule has 0 spiro atoms. The lowest BCUT2D eigenvalue weighted by Crippen LogP contribution is -2.36. The topological polar surface area (TPSA) is 78.6 Å². The van der Waals surface area contributed by atoms with Crippen LogP contribution in [0, 0.1) is 0 Å². The Morgan fingerprint density at radius 1 is 1.00 bits per heavy atom. The number of esters is 1. The molecule has 0 amide bonds. The van der Waals surface area contributed by atoms with Gasteiger partial charge in [-0.25, -0.2) is 9.59 Å². The van der Waals surface area contributed by atoms with E-state index in [2.05, 4.69) is 19.1 Å². The fraction of sp³-hybridized carbons (Fsp3) is 0.417. The number of fused-ring (bicyclic) bond motifs is 3. The van der Waals surface area contributed by atoms with Gasteiger partial charge in [0.05, 0.1) is 0 Å². The number of nitrogens with two attached hydrogens (primary N) is 1. The summed E-state index contributed by atoms with van der Waals surface area (Å²) < 4.78 is 10.1. The summed E-state index contributed by atoms with van der Waals surface area (Å²) in [5.41, 5.74) is 10.3. The molecule has 1 atom stereocenters. The summed E-state index contributed by atoms with van der Waals surface area (Å²) >= 11 is 1.61. The molecule has 6 heteroatoms. The molecule has 30 heavy (non-hydrogen) atoms. The van der Waals surface area contributed by atoms with Crippen LogP contribution in [0.25, 0.3) is 11.1 Å². The van der Waals surface area contributed by atoms with Crippen LogP contribution >= 0.6 is 11.8 Å². The summed E-state index contributed by atoms with van der Waals surface area (Å²) in [6.45, 7) is 2.28. The minimum absolute atomic E-state index is 0.0765. The van der Waals surface area contributed by atoms with Gasteiger partial charge in [0.1, 0.15) is 12.6 Å². The van der Waals surface area contributed by atoms with E-state index >= 15 is 0 Å². The third kappa shape index (κ3) is 5.64. The van der Waals surface area contributed by atoms with Crippen LogP contribution in [0.15, 0.2) is 48.5 Å². The summed E-state index contributed by atoms with van der Waals surface area (Å²) in [6, 6.07) is 15.3. The van der Waals surface area contributed by atoms with Crippen molar-refractivity contribution in [2.75, 3.05) is 18.1 Å². The van der Waals surface area contributed by atoms with Gasteiger partial charge in [-0.3, -0.25) is 0 Å². The highest BCUT2D eigenvalue weighted by Crippen LogP contribution is 2.44. The molecule has 0 radical (unpaired) electrons. The smallest absolute Gasteiger partial charge is 0.433 e. The van der Waals surface area contributed by atoms with E-state index in [9.17, 15) is 9.59 Å². The molecular formula is C24H29NO4S. The van der Waals surface area contributed by atoms with Crippen LogP contribution in [0.1, 0.15) is 49.7 Å². The van der Waals surface area contributed by atoms with Gasteiger partial charge in [-0.15, -0.1) is 0 Å². The van der Waals surface area contributed by atoms with Crippen molar-refractivity contribution in [3.63, 3.8) is 0 Å². The normalized spacial score (nSPS) is 13.4. The van der Waals surface area contributed by atoms with Crippen molar-refractivity contribution in [3.05, 3.63) is 59.7 Å². The van der Waals surface area contributed by atoms with Crippen molar-refractivity contribution in [1.29, 1.82) is 0 Å². The van der Waals surface area contributed by atoms with Gasteiger partial charge >= 0.3 is 12.1 Å². The van der Waals surface area contributed by atoms with Crippen molar-refractivity contribution in [2.45, 2.75) is 44.6 Å². The van der Waals surface area contributed by atoms with E-state index in [4.69, 9.17) is 15.2 Å². The predicted molar refractivity (Wildman–Crippen MR) is 121 cm³/mol. The van der Waals surface area contributed by atoms with Crippen LogP contribution in [0.5, 0.6) is 0 Å². The van der Waals surface area contributed by atoms with Crippen molar-refractivity contribution in [3.8, 4) is 11.1 Å². The number of unbranched alkanes of at least 4 members (excludes halogenated alkanes) is 3. The Kier molecular flexibility index (Phi) is 8.34. The SMILES string of the molecule is CCCCCCSC[C@H](N)C(=O)OC(=O)OCC1c2ccccc2-c2ccccc21. The molecule has 1 aliphatic carbocycles. The minimum Gasteiger partial charge on any atom is -0.433 e. The first-order valence-electron chi connectivity index (χ1n) is 10.5. The highest BCUT2D eigenvalue weighted by molar-refractivity contribution is 7.99. The van der Waals surface area contributed by atoms with Crippen molar-refractivity contribution in [2.24, 2.45) is 5.73 Å². The number of ether oxygens (including phenoxy) is 2. The number of carbonyl (C=O) groups excluding carboxylic acids is 2. The van der Waals surface area contributed by atoms with Crippen molar-refractivity contribution >= 4 is 23.9 Å². The van der Waals surface area contributed by atoms with Gasteiger partial charge in [0.2, 0.25) is 0 Å². The highest BCUT2D eigenvalue weighted by Gasteiger charge is 2.29. The van der Waals surface area contributed by atoms with Gasteiger partial charge in [0.15, 0.2) is 0 Å². The first kappa shape index (κ1) is 22.4. The zero-order valence-electron chi connectivity index (χ0n) is 17.3. The predicted octanol–water partition coefficient (Wildman–Crippen LogP) is 5.12. The molecule has 2 N–H and O–H groups in total. The summed E-state index contributed by atoms with van der Waals surface area (Å²) in [5.74, 6) is 0.564. The Bertz CT molecular complexity index is 824. The van der Waals surface area contributed by atoms with E-state index in [1.54, 1.807) is 11.8 Å². The number of benzene rings is 2. The van der Waals surface area contributed by atoms with E-state index in [-0.39, 0.29) is 12.5 Å². The largest absolute Gasteiger partial charge is 0.516 e. The van der Waals surface area contributed by atoms with Gasteiger partial charge in [-0.05, 0) is 34.4 Å². The van der Waals surface area contributed by atoms with Crippen LogP contribution in [-0.2, 0) is 14.3 Å². The third-order valence-corrected chi connectivity index (χ3v) is 6.43. The summed E-state index contributed by atoms with van der Waals surface area (Å²) in [4.78, 5) is 24.1. The fourth-order valence-corrected chi connectivity index (χ4v) is 4.65. The van der Waals surface area contributed by atoms with Crippen LogP contribution in [-0.4, -0.2) is 36.3 Å². The van der Waals surface area contributed by atoms with Gasteiger partial charge in [0, 0.05) is 11.7 Å². The van der Waals surface area contributed by atoms with Crippen LogP contribution in [0.4, 0.5) is 4.79 Å². The van der Waals surface area contributed by atoms with Crippen molar-refractivity contribution in [1.82, 2.24) is 0 Å². The zero-order valence-corrected chi connectivity index (χ0v) is 18.2. The molecule has 0 saturated carbocycles. The lowest BCUT2D eigenvalue weighted by molar-refractivity contribution is -0.140. The Balaban J connectivity index is 1.46. The molecule has 0 aliphatic heterocycles. The van der Waals surface area contributed by atoms with E-state index in [1.807, 2.05) is 36.4 Å². The van der Waals surface area contributed by atoms with E-state index in [1.165, 1.54) is 19.3 Å². The van der Waals surface area contributed by atoms with Gasteiger partial charge < -0.3 is 15.2 Å². The maximum absolute atomic E-state index is 12.1. The average molecular weight is 428 g/mol. The van der Waals surface area contributed by atoms with Gasteiger partial charge in [-0.1, -0.05) is 74.7 Å². The number of thioether (sulfide) groups is 1. The van der Waals surface area contributed by atoms with Gasteiger partial charge in [-0.2, -0.15) is 11.8 Å². The van der Waals surface area contributed by atoms with E-state index in [0.717, 1.165) is 34.4 Å². The first-order valence-corrected chi connectivity index (χ1v) is 11.7. The zero-order chi connectivity index (χ0) is 21.3. The lowest BCUT2D eigenvalue weighted by atomic mass is 9.98. The summed E-state index contributed by atoms with van der Waals surface area (Å²) in [7, 11) is 0. The first-order chi connectivity index (χ1) is 14.6. The molecule has 0 fully saturated rings. The molecule has 5 nitrogen and oxygen atoms in total. The maximum atomic E-state index is 12.1. The molecule has 1 aliphatic rings. The molecular weight excluding hydrogens is 398 g/mol. The molecule has 0 heterocycles. The lowest BCUT2D eigenvalue weighted by Gasteiger charge is -2.14. The molecule has 160 valence electrons. The quantitative estimate of drug-likeness (QED) is 0.322.